The monoisotopic (exact) mass is 342 g/mol. The Labute approximate surface area is 148 Å². The molecule has 0 N–H and O–H groups in total. The van der Waals surface area contributed by atoms with Gasteiger partial charge in [0.2, 0.25) is 5.91 Å². The maximum absolute atomic E-state index is 13.1. The van der Waals surface area contributed by atoms with Crippen molar-refractivity contribution < 1.29 is 9.53 Å². The molecule has 2 heterocycles. The van der Waals surface area contributed by atoms with Gasteiger partial charge in [-0.2, -0.15) is 0 Å². The Hall–Kier alpha value is -2.21. The molecule has 0 unspecified atom stereocenters. The van der Waals surface area contributed by atoms with Gasteiger partial charge in [-0.3, -0.25) is 4.79 Å². The van der Waals surface area contributed by atoms with Gasteiger partial charge in [-0.25, -0.2) is 0 Å². The van der Waals surface area contributed by atoms with Crippen molar-refractivity contribution in [1.82, 2.24) is 19.7 Å². The minimum Gasteiger partial charge on any atom is -0.383 e. The van der Waals surface area contributed by atoms with Crippen LogP contribution in [-0.2, 0) is 28.9 Å². The molecule has 1 aliphatic heterocycles. The number of hydrogen-bond donors (Lipinski definition) is 0. The first-order valence-electron chi connectivity index (χ1n) is 8.84. The molecule has 0 aliphatic carbocycles. The molecule has 0 saturated heterocycles. The molecule has 1 aliphatic rings. The predicted molar refractivity (Wildman–Crippen MR) is 95.0 cm³/mol. The summed E-state index contributed by atoms with van der Waals surface area (Å²) in [6.45, 7) is 5.91. The number of amides is 1. The third-order valence-electron chi connectivity index (χ3n) is 4.51. The molecule has 0 saturated carbocycles. The molecule has 0 fully saturated rings. The van der Waals surface area contributed by atoms with Crippen molar-refractivity contribution in [2.45, 2.75) is 39.3 Å². The Morgan fingerprint density at radius 3 is 2.68 bits per heavy atom. The van der Waals surface area contributed by atoms with Crippen LogP contribution < -0.4 is 0 Å². The van der Waals surface area contributed by atoms with Crippen LogP contribution in [0.2, 0.25) is 0 Å². The second kappa shape index (κ2) is 7.78. The number of ether oxygens (including phenoxy) is 1. The van der Waals surface area contributed by atoms with E-state index in [2.05, 4.69) is 40.7 Å². The lowest BCUT2D eigenvalue weighted by Crippen LogP contribution is -2.45. The van der Waals surface area contributed by atoms with Crippen LogP contribution in [0.15, 0.2) is 30.3 Å². The van der Waals surface area contributed by atoms with Crippen LogP contribution >= 0.6 is 0 Å². The first-order chi connectivity index (χ1) is 12.1. The summed E-state index contributed by atoms with van der Waals surface area (Å²) in [6.07, 6.45) is 1.48. The van der Waals surface area contributed by atoms with E-state index >= 15 is 0 Å². The Bertz CT molecular complexity index is 711. The number of carbonyl (C=O) groups is 1. The Balaban J connectivity index is 1.94. The third-order valence-corrected chi connectivity index (χ3v) is 4.51. The van der Waals surface area contributed by atoms with E-state index < -0.39 is 0 Å². The van der Waals surface area contributed by atoms with Crippen LogP contribution in [0.4, 0.5) is 0 Å². The molecule has 0 radical (unpaired) electrons. The van der Waals surface area contributed by atoms with Gasteiger partial charge < -0.3 is 14.2 Å². The summed E-state index contributed by atoms with van der Waals surface area (Å²) in [5.41, 5.74) is 1.14. The lowest BCUT2D eigenvalue weighted by Gasteiger charge is -2.34. The lowest BCUT2D eigenvalue weighted by molar-refractivity contribution is -0.138. The van der Waals surface area contributed by atoms with E-state index in [0.29, 0.717) is 32.0 Å². The largest absolute Gasteiger partial charge is 0.383 e. The molecule has 2 aromatic rings. The van der Waals surface area contributed by atoms with Gasteiger partial charge in [0.1, 0.15) is 11.9 Å². The quantitative estimate of drug-likeness (QED) is 0.774. The minimum atomic E-state index is -0.285. The van der Waals surface area contributed by atoms with E-state index in [1.807, 2.05) is 23.1 Å². The highest BCUT2D eigenvalue weighted by Crippen LogP contribution is 2.27. The van der Waals surface area contributed by atoms with E-state index in [1.54, 1.807) is 7.11 Å². The maximum Gasteiger partial charge on any atom is 0.246 e. The minimum absolute atomic E-state index is 0.123. The van der Waals surface area contributed by atoms with E-state index in [4.69, 9.17) is 4.74 Å². The SMILES string of the molecule is COCCN1Cc2nnc(CC(C)C)n2[C@H](Cc2ccccc2)C1=O. The first kappa shape index (κ1) is 17.6. The van der Waals surface area contributed by atoms with Crippen molar-refractivity contribution >= 4 is 5.91 Å². The fourth-order valence-corrected chi connectivity index (χ4v) is 3.31. The summed E-state index contributed by atoms with van der Waals surface area (Å²) < 4.78 is 7.22. The summed E-state index contributed by atoms with van der Waals surface area (Å²) in [7, 11) is 1.65. The van der Waals surface area contributed by atoms with Crippen molar-refractivity contribution in [1.29, 1.82) is 0 Å². The topological polar surface area (TPSA) is 60.2 Å². The molecule has 1 aromatic heterocycles. The van der Waals surface area contributed by atoms with E-state index in [0.717, 1.165) is 23.6 Å². The zero-order chi connectivity index (χ0) is 17.8. The number of carbonyl (C=O) groups excluding carboxylic acids is 1. The Kier molecular flexibility index (Phi) is 5.48. The summed E-state index contributed by atoms with van der Waals surface area (Å²) in [4.78, 5) is 15.0. The van der Waals surface area contributed by atoms with Gasteiger partial charge in [0.05, 0.1) is 13.2 Å². The fourth-order valence-electron chi connectivity index (χ4n) is 3.31. The van der Waals surface area contributed by atoms with Gasteiger partial charge in [0.25, 0.3) is 0 Å². The molecule has 1 atom stereocenters. The van der Waals surface area contributed by atoms with Crippen LogP contribution in [0.1, 0.15) is 37.1 Å². The Morgan fingerprint density at radius 2 is 2.00 bits per heavy atom. The standard InChI is InChI=1S/C19H26N4O2/c1-14(2)11-17-20-21-18-13-22(9-10-25-3)19(24)16(23(17)18)12-15-7-5-4-6-8-15/h4-8,14,16H,9-13H2,1-3H3/t16-/m1/s1. The van der Waals surface area contributed by atoms with Crippen molar-refractivity contribution in [3.63, 3.8) is 0 Å². The number of fused-ring (bicyclic) bond motifs is 1. The lowest BCUT2D eigenvalue weighted by atomic mass is 10.0. The summed E-state index contributed by atoms with van der Waals surface area (Å²) in [6, 6.07) is 9.85. The maximum atomic E-state index is 13.1. The third kappa shape index (κ3) is 3.90. The highest BCUT2D eigenvalue weighted by atomic mass is 16.5. The number of aromatic nitrogens is 3. The molecular formula is C19H26N4O2. The number of rotatable bonds is 7. The summed E-state index contributed by atoms with van der Waals surface area (Å²) >= 11 is 0. The number of methoxy groups -OCH3 is 1. The van der Waals surface area contributed by atoms with Crippen molar-refractivity contribution in [3.8, 4) is 0 Å². The first-order valence-corrected chi connectivity index (χ1v) is 8.84. The summed E-state index contributed by atoms with van der Waals surface area (Å²) in [5.74, 6) is 2.36. The second-order valence-electron chi connectivity index (χ2n) is 6.96. The van der Waals surface area contributed by atoms with Gasteiger partial charge in [-0.1, -0.05) is 44.2 Å². The molecule has 6 nitrogen and oxygen atoms in total. The van der Waals surface area contributed by atoms with Gasteiger partial charge >= 0.3 is 0 Å². The molecule has 1 amide bonds. The molecule has 3 rings (SSSR count). The summed E-state index contributed by atoms with van der Waals surface area (Å²) in [5, 5.41) is 8.75. The van der Waals surface area contributed by atoms with Gasteiger partial charge in [-0.15, -0.1) is 10.2 Å². The van der Waals surface area contributed by atoms with E-state index in [1.165, 1.54) is 0 Å². The number of benzene rings is 1. The molecule has 25 heavy (non-hydrogen) atoms. The van der Waals surface area contributed by atoms with Crippen LogP contribution in [0.5, 0.6) is 0 Å². The second-order valence-corrected chi connectivity index (χ2v) is 6.96. The molecule has 1 aromatic carbocycles. The van der Waals surface area contributed by atoms with Gasteiger partial charge in [-0.05, 0) is 11.5 Å². The highest BCUT2D eigenvalue weighted by molar-refractivity contribution is 5.82. The molecule has 134 valence electrons. The molecule has 0 bridgehead atoms. The molecular weight excluding hydrogens is 316 g/mol. The fraction of sp³-hybridized carbons (Fsp3) is 0.526. The zero-order valence-electron chi connectivity index (χ0n) is 15.2. The van der Waals surface area contributed by atoms with Crippen molar-refractivity contribution in [2.75, 3.05) is 20.3 Å². The predicted octanol–water partition coefficient (Wildman–Crippen LogP) is 2.25. The molecule has 0 spiro atoms. The van der Waals surface area contributed by atoms with Gasteiger partial charge in [0.15, 0.2) is 5.82 Å². The van der Waals surface area contributed by atoms with Crippen LogP contribution in [0, 0.1) is 5.92 Å². The van der Waals surface area contributed by atoms with Crippen LogP contribution in [0.3, 0.4) is 0 Å². The normalized spacial score (nSPS) is 17.2. The van der Waals surface area contributed by atoms with Crippen molar-refractivity contribution in [3.05, 3.63) is 47.5 Å². The van der Waals surface area contributed by atoms with Crippen molar-refractivity contribution in [2.24, 2.45) is 5.92 Å². The highest BCUT2D eigenvalue weighted by Gasteiger charge is 2.35. The smallest absolute Gasteiger partial charge is 0.246 e. The molecule has 6 heteroatoms. The van der Waals surface area contributed by atoms with E-state index in [9.17, 15) is 4.79 Å². The average Bonchev–Trinajstić information content (AvgIpc) is 2.98. The average molecular weight is 342 g/mol. The van der Waals surface area contributed by atoms with Crippen LogP contribution in [-0.4, -0.2) is 45.8 Å². The zero-order valence-corrected chi connectivity index (χ0v) is 15.2. The van der Waals surface area contributed by atoms with Gasteiger partial charge in [0, 0.05) is 26.5 Å². The number of hydrogen-bond acceptors (Lipinski definition) is 4. The Morgan fingerprint density at radius 1 is 1.24 bits per heavy atom. The van der Waals surface area contributed by atoms with E-state index in [-0.39, 0.29) is 11.9 Å². The van der Waals surface area contributed by atoms with Crippen LogP contribution in [0.25, 0.3) is 0 Å². The number of nitrogens with zero attached hydrogens (tertiary/aromatic N) is 4.